The fraction of sp³-hybridized carbons (Fsp3) is 0.200. The van der Waals surface area contributed by atoms with Gasteiger partial charge in [-0.1, -0.05) is 23.7 Å². The van der Waals surface area contributed by atoms with Crippen LogP contribution in [-0.4, -0.2) is 38.9 Å². The second-order valence-corrected chi connectivity index (χ2v) is 5.45. The highest BCUT2D eigenvalue weighted by atomic mass is 35.5. The second kappa shape index (κ2) is 7.60. The molecule has 8 nitrogen and oxygen atoms in total. The highest BCUT2D eigenvalue weighted by molar-refractivity contribution is 6.30. The minimum Gasteiger partial charge on any atom is -0.494 e. The van der Waals surface area contributed by atoms with E-state index in [9.17, 15) is 19.5 Å². The van der Waals surface area contributed by atoms with Crippen LogP contribution in [0.15, 0.2) is 38.8 Å². The van der Waals surface area contributed by atoms with Crippen molar-refractivity contribution in [2.45, 2.75) is 12.3 Å². The number of aromatic hydroxyl groups is 1. The van der Waals surface area contributed by atoms with Gasteiger partial charge in [-0.3, -0.25) is 24.5 Å². The van der Waals surface area contributed by atoms with E-state index in [-0.39, 0.29) is 18.5 Å². The molecule has 24 heavy (non-hydrogen) atoms. The summed E-state index contributed by atoms with van der Waals surface area (Å²) in [6, 6.07) is 6.70. The summed E-state index contributed by atoms with van der Waals surface area (Å²) < 4.78 is 0. The van der Waals surface area contributed by atoms with Gasteiger partial charge in [0.1, 0.15) is 5.56 Å². The molecule has 0 fully saturated rings. The second-order valence-electron chi connectivity index (χ2n) is 5.01. The Morgan fingerprint density at radius 3 is 2.50 bits per heavy atom. The molecule has 0 saturated heterocycles. The van der Waals surface area contributed by atoms with Crippen LogP contribution >= 0.6 is 11.6 Å². The average Bonchev–Trinajstić information content (AvgIpc) is 2.49. The van der Waals surface area contributed by atoms with Gasteiger partial charge in [0, 0.05) is 23.7 Å². The van der Waals surface area contributed by atoms with Crippen LogP contribution in [0.3, 0.4) is 0 Å². The number of carbonyl (C=O) groups is 1. The number of halogens is 1. The van der Waals surface area contributed by atoms with Gasteiger partial charge in [0.05, 0.1) is 6.42 Å². The highest BCUT2D eigenvalue weighted by Crippen LogP contribution is 2.22. The Kier molecular flexibility index (Phi) is 5.54. The maximum Gasteiger partial charge on any atom is 0.328 e. The van der Waals surface area contributed by atoms with Gasteiger partial charge in [-0.05, 0) is 17.7 Å². The van der Waals surface area contributed by atoms with Gasteiger partial charge in [0.25, 0.3) is 5.56 Å². The number of aromatic nitrogens is 2. The third kappa shape index (κ3) is 4.56. The quantitative estimate of drug-likeness (QED) is 0.578. The van der Waals surface area contributed by atoms with E-state index in [2.05, 4.69) is 4.99 Å². The molecule has 0 aliphatic heterocycles. The monoisotopic (exact) mass is 351 g/mol. The lowest BCUT2D eigenvalue weighted by Crippen LogP contribution is -2.25. The SMILES string of the molecule is O=C(O)C[C@H](CN=Cc1c(O)[nH]c(=O)[nH]c1=O)c1ccc(Cl)cc1. The molecule has 1 aromatic carbocycles. The van der Waals surface area contributed by atoms with Crippen molar-refractivity contribution in [3.63, 3.8) is 0 Å². The topological polar surface area (TPSA) is 136 Å². The molecule has 1 aromatic heterocycles. The Hall–Kier alpha value is -2.87. The first-order chi connectivity index (χ1) is 11.4. The molecule has 9 heteroatoms. The number of aromatic amines is 2. The normalized spacial score (nSPS) is 12.4. The van der Waals surface area contributed by atoms with Crippen molar-refractivity contribution in [3.8, 4) is 5.88 Å². The first-order valence-corrected chi connectivity index (χ1v) is 7.27. The summed E-state index contributed by atoms with van der Waals surface area (Å²) in [6.07, 6.45) is 0.932. The number of nitrogens with one attached hydrogen (secondary N) is 2. The van der Waals surface area contributed by atoms with Gasteiger partial charge in [-0.2, -0.15) is 0 Å². The van der Waals surface area contributed by atoms with Crippen molar-refractivity contribution < 1.29 is 15.0 Å². The molecule has 1 atom stereocenters. The molecule has 2 aromatic rings. The first-order valence-electron chi connectivity index (χ1n) is 6.89. The van der Waals surface area contributed by atoms with E-state index in [1.165, 1.54) is 0 Å². The van der Waals surface area contributed by atoms with Crippen LogP contribution < -0.4 is 11.2 Å². The van der Waals surface area contributed by atoms with E-state index in [1.54, 1.807) is 24.3 Å². The van der Waals surface area contributed by atoms with Crippen molar-refractivity contribution in [1.29, 1.82) is 0 Å². The molecule has 4 N–H and O–H groups in total. The maximum atomic E-state index is 11.6. The largest absolute Gasteiger partial charge is 0.494 e. The van der Waals surface area contributed by atoms with Gasteiger partial charge in [-0.15, -0.1) is 0 Å². The number of aliphatic carboxylic acids is 1. The third-order valence-corrected chi connectivity index (χ3v) is 3.52. The Balaban J connectivity index is 2.22. The number of carboxylic acid groups (broad SMARTS) is 1. The molecule has 0 unspecified atom stereocenters. The molecule has 126 valence electrons. The van der Waals surface area contributed by atoms with Crippen molar-refractivity contribution >= 4 is 23.8 Å². The van der Waals surface area contributed by atoms with Crippen molar-refractivity contribution in [1.82, 2.24) is 9.97 Å². The summed E-state index contributed by atoms with van der Waals surface area (Å²) in [5, 5.41) is 19.1. The smallest absolute Gasteiger partial charge is 0.328 e. The van der Waals surface area contributed by atoms with Crippen LogP contribution in [0.25, 0.3) is 0 Å². The molecule has 1 heterocycles. The van der Waals surface area contributed by atoms with Gasteiger partial charge >= 0.3 is 11.7 Å². The number of hydrogen-bond acceptors (Lipinski definition) is 5. The van der Waals surface area contributed by atoms with E-state index in [4.69, 9.17) is 16.7 Å². The van der Waals surface area contributed by atoms with Gasteiger partial charge in [0.15, 0.2) is 0 Å². The van der Waals surface area contributed by atoms with Gasteiger partial charge in [-0.25, -0.2) is 4.79 Å². The molecule has 0 saturated carbocycles. The molecule has 0 aliphatic rings. The van der Waals surface area contributed by atoms with E-state index in [0.717, 1.165) is 11.8 Å². The fourth-order valence-electron chi connectivity index (χ4n) is 2.11. The Labute approximate surface area is 140 Å². The summed E-state index contributed by atoms with van der Waals surface area (Å²) >= 11 is 5.81. The van der Waals surface area contributed by atoms with Crippen LogP contribution in [0, 0.1) is 0 Å². The number of nitrogens with zero attached hydrogens (tertiary/aromatic N) is 1. The lowest BCUT2D eigenvalue weighted by Gasteiger charge is -2.12. The fourth-order valence-corrected chi connectivity index (χ4v) is 2.23. The average molecular weight is 352 g/mol. The first kappa shape index (κ1) is 17.5. The molecule has 0 amide bonds. The van der Waals surface area contributed by atoms with Gasteiger partial charge < -0.3 is 10.2 Å². The van der Waals surface area contributed by atoms with E-state index in [0.29, 0.717) is 5.02 Å². The van der Waals surface area contributed by atoms with Crippen molar-refractivity contribution in [2.24, 2.45) is 4.99 Å². The highest BCUT2D eigenvalue weighted by Gasteiger charge is 2.15. The Morgan fingerprint density at radius 2 is 1.92 bits per heavy atom. The molecule has 0 spiro atoms. The lowest BCUT2D eigenvalue weighted by atomic mass is 9.96. The van der Waals surface area contributed by atoms with Gasteiger partial charge in [0.2, 0.25) is 5.88 Å². The molecule has 2 rings (SSSR count). The standard InChI is InChI=1S/C15H14ClN3O5/c16-10-3-1-8(2-4-10)9(5-12(20)21)6-17-7-11-13(22)18-15(24)19-14(11)23/h1-4,7,9H,5-6H2,(H,20,21)(H3,18,19,22,23,24)/t9-/m1/s1. The minimum absolute atomic E-state index is 0.0753. The number of aliphatic imine (C=N–C) groups is 1. The third-order valence-electron chi connectivity index (χ3n) is 3.27. The molecule has 0 radical (unpaired) electrons. The van der Waals surface area contributed by atoms with Crippen molar-refractivity contribution in [2.75, 3.05) is 6.54 Å². The van der Waals surface area contributed by atoms with E-state index < -0.39 is 29.0 Å². The number of benzene rings is 1. The molecular formula is C15H14ClN3O5. The van der Waals surface area contributed by atoms with Crippen LogP contribution in [0.5, 0.6) is 5.88 Å². The zero-order valence-electron chi connectivity index (χ0n) is 12.3. The van der Waals surface area contributed by atoms with Crippen LogP contribution in [0.1, 0.15) is 23.5 Å². The molecule has 0 aliphatic carbocycles. The summed E-state index contributed by atoms with van der Waals surface area (Å²) in [7, 11) is 0. The van der Waals surface area contributed by atoms with E-state index >= 15 is 0 Å². The number of hydrogen-bond donors (Lipinski definition) is 4. The summed E-state index contributed by atoms with van der Waals surface area (Å²) in [5.41, 5.74) is -1.10. The Morgan fingerprint density at radius 1 is 1.25 bits per heavy atom. The Bertz CT molecular complexity index is 870. The summed E-state index contributed by atoms with van der Waals surface area (Å²) in [4.78, 5) is 41.6. The number of carboxylic acids is 1. The lowest BCUT2D eigenvalue weighted by molar-refractivity contribution is -0.137. The molecule has 0 bridgehead atoms. The maximum absolute atomic E-state index is 11.6. The van der Waals surface area contributed by atoms with Crippen molar-refractivity contribution in [3.05, 3.63) is 61.3 Å². The number of H-pyrrole nitrogens is 2. The minimum atomic E-state index is -0.991. The van der Waals surface area contributed by atoms with Crippen LogP contribution in [0.4, 0.5) is 0 Å². The van der Waals surface area contributed by atoms with E-state index in [1.807, 2.05) is 9.97 Å². The molecular weight excluding hydrogens is 338 g/mol. The predicted octanol–water partition coefficient (Wildman–Crippen LogP) is 1.10. The zero-order chi connectivity index (χ0) is 17.7. The van der Waals surface area contributed by atoms with Crippen LogP contribution in [-0.2, 0) is 4.79 Å². The summed E-state index contributed by atoms with van der Waals surface area (Å²) in [6.45, 7) is 0.0753. The zero-order valence-corrected chi connectivity index (χ0v) is 13.1. The predicted molar refractivity (Wildman–Crippen MR) is 88.3 cm³/mol. The summed E-state index contributed by atoms with van der Waals surface area (Å²) in [5.74, 6) is -2.02. The number of rotatable bonds is 6. The van der Waals surface area contributed by atoms with Crippen LogP contribution in [0.2, 0.25) is 5.02 Å².